The molecule has 1 spiro atoms. The molecule has 0 unspecified atom stereocenters. The van der Waals surface area contributed by atoms with Gasteiger partial charge in [0.15, 0.2) is 0 Å². The maximum Gasteiger partial charge on any atom is 0.120 e. The molecule has 1 nitrogen and oxygen atoms in total. The summed E-state index contributed by atoms with van der Waals surface area (Å²) in [5, 5.41) is 0. The van der Waals surface area contributed by atoms with Crippen molar-refractivity contribution >= 4 is 0 Å². The Morgan fingerprint density at radius 1 is 1.00 bits per heavy atom. The lowest BCUT2D eigenvalue weighted by Crippen LogP contribution is -2.23. The zero-order valence-corrected chi connectivity index (χ0v) is 8.91. The molecule has 0 amide bonds. The highest BCUT2D eigenvalue weighted by molar-refractivity contribution is 5.31. The summed E-state index contributed by atoms with van der Waals surface area (Å²) in [6.07, 6.45) is 7.41. The molecule has 1 aromatic rings. The molecule has 2 aliphatic carbocycles. The summed E-state index contributed by atoms with van der Waals surface area (Å²) in [6, 6.07) is 10.8. The molecule has 0 N–H and O–H groups in total. The zero-order valence-electron chi connectivity index (χ0n) is 8.91. The Kier molecular flexibility index (Phi) is 1.37. The zero-order chi connectivity index (χ0) is 9.93. The number of hydrogen-bond acceptors (Lipinski definition) is 1. The Morgan fingerprint density at radius 3 is 2.40 bits per heavy atom. The Balaban J connectivity index is 1.64. The van der Waals surface area contributed by atoms with E-state index in [-0.39, 0.29) is 5.60 Å². The number of benzene rings is 1. The van der Waals surface area contributed by atoms with Gasteiger partial charge in [-0.15, -0.1) is 0 Å². The van der Waals surface area contributed by atoms with Crippen molar-refractivity contribution in [3.05, 3.63) is 35.9 Å². The Labute approximate surface area is 90.4 Å². The maximum absolute atomic E-state index is 6.03. The van der Waals surface area contributed by atoms with E-state index in [1.165, 1.54) is 37.7 Å². The van der Waals surface area contributed by atoms with Gasteiger partial charge in [-0.2, -0.15) is 0 Å². The van der Waals surface area contributed by atoms with Crippen molar-refractivity contribution in [2.75, 3.05) is 0 Å². The summed E-state index contributed by atoms with van der Waals surface area (Å²) < 4.78 is 6.03. The van der Waals surface area contributed by atoms with Crippen molar-refractivity contribution in [2.45, 2.75) is 43.8 Å². The molecule has 4 rings (SSSR count). The van der Waals surface area contributed by atoms with Crippen molar-refractivity contribution in [1.29, 1.82) is 0 Å². The van der Waals surface area contributed by atoms with Crippen LogP contribution in [0.25, 0.3) is 0 Å². The molecule has 1 saturated heterocycles. The average molecular weight is 200 g/mol. The van der Waals surface area contributed by atoms with Gasteiger partial charge in [0.25, 0.3) is 0 Å². The molecule has 3 aliphatic rings. The first-order valence-corrected chi connectivity index (χ1v) is 6.07. The first-order chi connectivity index (χ1) is 7.33. The summed E-state index contributed by atoms with van der Waals surface area (Å²) in [4.78, 5) is 0. The maximum atomic E-state index is 6.03. The fourth-order valence-electron chi connectivity index (χ4n) is 3.34. The van der Waals surface area contributed by atoms with E-state index in [1.807, 2.05) is 0 Å². The van der Waals surface area contributed by atoms with E-state index in [0.717, 1.165) is 5.41 Å². The molecule has 1 heterocycles. The summed E-state index contributed by atoms with van der Waals surface area (Å²) in [5.74, 6) is 0. The van der Waals surface area contributed by atoms with E-state index in [0.29, 0.717) is 6.10 Å². The van der Waals surface area contributed by atoms with Crippen molar-refractivity contribution < 1.29 is 4.74 Å². The number of fused-ring (bicyclic) bond motifs is 1. The predicted molar refractivity (Wildman–Crippen MR) is 58.5 cm³/mol. The minimum absolute atomic E-state index is 0.134. The number of rotatable bonds is 1. The molecular formula is C14H16O. The van der Waals surface area contributed by atoms with Crippen LogP contribution in [-0.4, -0.2) is 6.10 Å². The van der Waals surface area contributed by atoms with Crippen LogP contribution in [0.15, 0.2) is 30.3 Å². The van der Waals surface area contributed by atoms with Crippen molar-refractivity contribution in [2.24, 2.45) is 5.41 Å². The van der Waals surface area contributed by atoms with Crippen LogP contribution in [0.1, 0.15) is 37.7 Å². The highest BCUT2D eigenvalue weighted by Crippen LogP contribution is 2.67. The lowest BCUT2D eigenvalue weighted by Gasteiger charge is -2.24. The van der Waals surface area contributed by atoms with E-state index < -0.39 is 0 Å². The van der Waals surface area contributed by atoms with E-state index in [4.69, 9.17) is 4.74 Å². The second-order valence-electron chi connectivity index (χ2n) is 5.57. The third-order valence-corrected chi connectivity index (χ3v) is 4.68. The predicted octanol–water partition coefficient (Wildman–Crippen LogP) is 3.24. The highest BCUT2D eigenvalue weighted by atomic mass is 16.6. The van der Waals surface area contributed by atoms with Crippen LogP contribution < -0.4 is 0 Å². The smallest absolute Gasteiger partial charge is 0.120 e. The van der Waals surface area contributed by atoms with Crippen LogP contribution in [0.4, 0.5) is 0 Å². The second-order valence-corrected chi connectivity index (χ2v) is 5.57. The molecule has 1 aromatic carbocycles. The lowest BCUT2D eigenvalue weighted by atomic mass is 9.77. The third kappa shape index (κ3) is 1.07. The van der Waals surface area contributed by atoms with Gasteiger partial charge in [0, 0.05) is 0 Å². The molecule has 0 radical (unpaired) electrons. The molecule has 78 valence electrons. The molecule has 2 atom stereocenters. The fourth-order valence-corrected chi connectivity index (χ4v) is 3.34. The van der Waals surface area contributed by atoms with Gasteiger partial charge in [-0.05, 0) is 43.1 Å². The van der Waals surface area contributed by atoms with Gasteiger partial charge in [-0.1, -0.05) is 30.3 Å². The first-order valence-electron chi connectivity index (χ1n) is 6.07. The van der Waals surface area contributed by atoms with Gasteiger partial charge in [0.05, 0.1) is 6.10 Å². The summed E-state index contributed by atoms with van der Waals surface area (Å²) in [7, 11) is 0. The van der Waals surface area contributed by atoms with E-state index in [9.17, 15) is 0 Å². The minimum Gasteiger partial charge on any atom is -0.361 e. The van der Waals surface area contributed by atoms with E-state index in [1.54, 1.807) is 0 Å². The number of ether oxygens (including phenoxy) is 1. The quantitative estimate of drug-likeness (QED) is 0.634. The summed E-state index contributed by atoms with van der Waals surface area (Å²) >= 11 is 0. The standard InChI is InChI=1S/C14H16O/c1-2-4-11(5-3-1)14-9-8-13(6-7-13)10-12(14)15-14/h1-5,12H,6-10H2/t12-,14+/m1/s1. The van der Waals surface area contributed by atoms with Crippen LogP contribution in [0.5, 0.6) is 0 Å². The molecule has 0 bridgehead atoms. The van der Waals surface area contributed by atoms with Gasteiger partial charge in [-0.25, -0.2) is 0 Å². The lowest BCUT2D eigenvalue weighted by molar-refractivity contribution is 0.281. The van der Waals surface area contributed by atoms with Crippen molar-refractivity contribution in [1.82, 2.24) is 0 Å². The minimum atomic E-state index is 0.134. The van der Waals surface area contributed by atoms with Gasteiger partial charge < -0.3 is 4.74 Å². The Morgan fingerprint density at radius 2 is 1.73 bits per heavy atom. The fraction of sp³-hybridized carbons (Fsp3) is 0.571. The monoisotopic (exact) mass is 200 g/mol. The summed E-state index contributed by atoms with van der Waals surface area (Å²) in [6.45, 7) is 0. The van der Waals surface area contributed by atoms with Gasteiger partial charge in [-0.3, -0.25) is 0 Å². The molecule has 1 heteroatoms. The van der Waals surface area contributed by atoms with Crippen LogP contribution in [0.2, 0.25) is 0 Å². The van der Waals surface area contributed by atoms with Crippen LogP contribution in [0.3, 0.4) is 0 Å². The molecule has 15 heavy (non-hydrogen) atoms. The Hall–Kier alpha value is -0.820. The highest BCUT2D eigenvalue weighted by Gasteiger charge is 2.65. The number of hydrogen-bond donors (Lipinski definition) is 0. The molecule has 3 fully saturated rings. The molecule has 2 saturated carbocycles. The van der Waals surface area contributed by atoms with Gasteiger partial charge in [0.2, 0.25) is 0 Å². The molecular weight excluding hydrogens is 184 g/mol. The van der Waals surface area contributed by atoms with Crippen molar-refractivity contribution in [3.63, 3.8) is 0 Å². The Bertz CT molecular complexity index is 393. The molecule has 0 aromatic heterocycles. The van der Waals surface area contributed by atoms with E-state index in [2.05, 4.69) is 30.3 Å². The largest absolute Gasteiger partial charge is 0.361 e. The van der Waals surface area contributed by atoms with Gasteiger partial charge in [0.1, 0.15) is 5.60 Å². The van der Waals surface area contributed by atoms with Crippen molar-refractivity contribution in [3.8, 4) is 0 Å². The average Bonchev–Trinajstić information content (AvgIpc) is 3.18. The topological polar surface area (TPSA) is 12.5 Å². The van der Waals surface area contributed by atoms with Crippen LogP contribution in [0, 0.1) is 5.41 Å². The first kappa shape index (κ1) is 8.35. The van der Waals surface area contributed by atoms with Crippen LogP contribution in [-0.2, 0) is 10.3 Å². The second kappa shape index (κ2) is 2.46. The van der Waals surface area contributed by atoms with E-state index >= 15 is 0 Å². The summed E-state index contributed by atoms with van der Waals surface area (Å²) in [5.41, 5.74) is 2.26. The normalized spacial score (nSPS) is 39.9. The third-order valence-electron chi connectivity index (χ3n) is 4.68. The SMILES string of the molecule is c1ccc([C@@]23CCC4(CC4)C[C@H]2O3)cc1. The number of epoxide rings is 1. The molecule has 1 aliphatic heterocycles. The van der Waals surface area contributed by atoms with Gasteiger partial charge >= 0.3 is 0 Å². The van der Waals surface area contributed by atoms with Crippen LogP contribution >= 0.6 is 0 Å².